The first-order chi connectivity index (χ1) is 15.2. The maximum atomic E-state index is 5.89. The average Bonchev–Trinajstić information content (AvgIpc) is 3.32. The Hall–Kier alpha value is -3.93. The molecule has 4 aromatic rings. The molecule has 31 heavy (non-hydrogen) atoms. The lowest BCUT2D eigenvalue weighted by molar-refractivity contribution is 0.306. The molecule has 6 nitrogen and oxygen atoms in total. The third kappa shape index (κ3) is 4.33. The van der Waals surface area contributed by atoms with Crippen LogP contribution in [0.5, 0.6) is 23.0 Å². The number of aromatic nitrogens is 2. The van der Waals surface area contributed by atoms with Gasteiger partial charge in [-0.1, -0.05) is 42.5 Å². The normalized spacial score (nSPS) is 10.5. The smallest absolute Gasteiger partial charge is 0.203 e. The van der Waals surface area contributed by atoms with Gasteiger partial charge >= 0.3 is 0 Å². The van der Waals surface area contributed by atoms with Crippen molar-refractivity contribution in [2.45, 2.75) is 6.61 Å². The molecule has 0 aliphatic rings. The summed E-state index contributed by atoms with van der Waals surface area (Å²) in [7, 11) is 4.78. The summed E-state index contributed by atoms with van der Waals surface area (Å²) in [5.74, 6) is 2.52. The number of hydrogen-bond donors (Lipinski definition) is 1. The number of nitrogens with zero attached hydrogens (tertiary/aromatic N) is 1. The summed E-state index contributed by atoms with van der Waals surface area (Å²) in [5, 5.41) is 7.43. The van der Waals surface area contributed by atoms with Crippen molar-refractivity contribution in [1.29, 1.82) is 0 Å². The topological polar surface area (TPSA) is 65.6 Å². The maximum Gasteiger partial charge on any atom is 0.203 e. The highest BCUT2D eigenvalue weighted by atomic mass is 16.5. The summed E-state index contributed by atoms with van der Waals surface area (Å²) < 4.78 is 22.3. The molecule has 0 aliphatic carbocycles. The van der Waals surface area contributed by atoms with Crippen molar-refractivity contribution < 1.29 is 18.9 Å². The predicted molar refractivity (Wildman–Crippen MR) is 120 cm³/mol. The third-order valence-corrected chi connectivity index (χ3v) is 4.99. The molecule has 1 N–H and O–H groups in total. The van der Waals surface area contributed by atoms with Crippen LogP contribution in [0.3, 0.4) is 0 Å². The number of rotatable bonds is 8. The Bertz CT molecular complexity index is 1110. The molecule has 0 saturated carbocycles. The fraction of sp³-hybridized carbons (Fsp3) is 0.160. The maximum absolute atomic E-state index is 5.89. The van der Waals surface area contributed by atoms with Crippen LogP contribution in [0.25, 0.3) is 22.4 Å². The molecule has 0 unspecified atom stereocenters. The van der Waals surface area contributed by atoms with E-state index in [4.69, 9.17) is 18.9 Å². The molecule has 0 radical (unpaired) electrons. The molecule has 0 amide bonds. The van der Waals surface area contributed by atoms with E-state index in [0.29, 0.717) is 23.9 Å². The van der Waals surface area contributed by atoms with E-state index in [0.717, 1.165) is 33.7 Å². The zero-order valence-electron chi connectivity index (χ0n) is 17.7. The number of hydrogen-bond acceptors (Lipinski definition) is 5. The molecule has 6 heteroatoms. The van der Waals surface area contributed by atoms with E-state index in [-0.39, 0.29) is 0 Å². The van der Waals surface area contributed by atoms with Crippen LogP contribution in [0.4, 0.5) is 0 Å². The number of nitrogens with one attached hydrogen (secondary N) is 1. The zero-order valence-corrected chi connectivity index (χ0v) is 17.7. The largest absolute Gasteiger partial charge is 0.493 e. The second kappa shape index (κ2) is 9.26. The van der Waals surface area contributed by atoms with Crippen LogP contribution in [0.1, 0.15) is 5.56 Å². The Kier molecular flexibility index (Phi) is 6.08. The molecule has 0 bridgehead atoms. The highest BCUT2D eigenvalue weighted by Crippen LogP contribution is 2.42. The van der Waals surface area contributed by atoms with Gasteiger partial charge in [0.2, 0.25) is 5.75 Å². The SMILES string of the molecule is COc1cc(-c2n[nH]cc2-c2ccc(OCc3ccccc3)cc2)cc(OC)c1OC. The van der Waals surface area contributed by atoms with Gasteiger partial charge in [-0.15, -0.1) is 0 Å². The fourth-order valence-electron chi connectivity index (χ4n) is 3.42. The second-order valence-electron chi connectivity index (χ2n) is 6.86. The van der Waals surface area contributed by atoms with Gasteiger partial charge in [0.25, 0.3) is 0 Å². The van der Waals surface area contributed by atoms with E-state index in [2.05, 4.69) is 10.2 Å². The van der Waals surface area contributed by atoms with Crippen molar-refractivity contribution in [1.82, 2.24) is 10.2 Å². The van der Waals surface area contributed by atoms with Gasteiger partial charge in [0.1, 0.15) is 18.1 Å². The van der Waals surface area contributed by atoms with Gasteiger partial charge in [-0.2, -0.15) is 5.10 Å². The molecule has 1 heterocycles. The summed E-state index contributed by atoms with van der Waals surface area (Å²) >= 11 is 0. The molecule has 1 aromatic heterocycles. The van der Waals surface area contributed by atoms with E-state index in [1.165, 1.54) is 0 Å². The summed E-state index contributed by atoms with van der Waals surface area (Å²) in [6.07, 6.45) is 1.87. The highest BCUT2D eigenvalue weighted by Gasteiger charge is 2.18. The molecule has 0 spiro atoms. The van der Waals surface area contributed by atoms with Crippen molar-refractivity contribution in [3.63, 3.8) is 0 Å². The van der Waals surface area contributed by atoms with Gasteiger partial charge in [0.05, 0.1) is 21.3 Å². The van der Waals surface area contributed by atoms with E-state index < -0.39 is 0 Å². The van der Waals surface area contributed by atoms with Gasteiger partial charge < -0.3 is 18.9 Å². The van der Waals surface area contributed by atoms with Crippen LogP contribution < -0.4 is 18.9 Å². The first-order valence-corrected chi connectivity index (χ1v) is 9.84. The summed E-state index contributed by atoms with van der Waals surface area (Å²) in [6, 6.07) is 21.8. The quantitative estimate of drug-likeness (QED) is 0.420. The molecular weight excluding hydrogens is 392 g/mol. The minimum absolute atomic E-state index is 0.530. The first-order valence-electron chi connectivity index (χ1n) is 9.84. The van der Waals surface area contributed by atoms with E-state index in [1.807, 2.05) is 72.9 Å². The molecule has 4 rings (SSSR count). The van der Waals surface area contributed by atoms with E-state index in [9.17, 15) is 0 Å². The van der Waals surface area contributed by atoms with Crippen molar-refractivity contribution in [3.05, 3.63) is 78.5 Å². The lowest BCUT2D eigenvalue weighted by Crippen LogP contribution is -1.96. The van der Waals surface area contributed by atoms with Crippen molar-refractivity contribution in [2.24, 2.45) is 0 Å². The lowest BCUT2D eigenvalue weighted by atomic mass is 10.0. The van der Waals surface area contributed by atoms with Crippen LogP contribution in [0, 0.1) is 0 Å². The highest BCUT2D eigenvalue weighted by molar-refractivity contribution is 5.82. The summed E-state index contributed by atoms with van der Waals surface area (Å²) in [5.41, 5.74) is 4.76. The lowest BCUT2D eigenvalue weighted by Gasteiger charge is -2.14. The first kappa shape index (κ1) is 20.3. The molecule has 158 valence electrons. The second-order valence-corrected chi connectivity index (χ2v) is 6.86. The molecule has 3 aromatic carbocycles. The van der Waals surface area contributed by atoms with Crippen molar-refractivity contribution in [3.8, 4) is 45.4 Å². The van der Waals surface area contributed by atoms with Gasteiger partial charge in [-0.25, -0.2) is 0 Å². The minimum atomic E-state index is 0.530. The van der Waals surface area contributed by atoms with Gasteiger partial charge in [0.15, 0.2) is 11.5 Å². The number of ether oxygens (including phenoxy) is 4. The monoisotopic (exact) mass is 416 g/mol. The van der Waals surface area contributed by atoms with Crippen LogP contribution in [0.15, 0.2) is 72.9 Å². The van der Waals surface area contributed by atoms with Crippen molar-refractivity contribution >= 4 is 0 Å². The molecule has 0 saturated heterocycles. The Morgan fingerprint density at radius 2 is 1.45 bits per heavy atom. The number of H-pyrrole nitrogens is 1. The van der Waals surface area contributed by atoms with Crippen LogP contribution in [-0.4, -0.2) is 31.5 Å². The Balaban J connectivity index is 1.60. The molecule has 0 fully saturated rings. The van der Waals surface area contributed by atoms with Crippen molar-refractivity contribution in [2.75, 3.05) is 21.3 Å². The van der Waals surface area contributed by atoms with Gasteiger partial charge in [-0.3, -0.25) is 5.10 Å². The summed E-state index contributed by atoms with van der Waals surface area (Å²) in [4.78, 5) is 0. The number of methoxy groups -OCH3 is 3. The minimum Gasteiger partial charge on any atom is -0.493 e. The fourth-order valence-corrected chi connectivity index (χ4v) is 3.42. The number of benzene rings is 3. The predicted octanol–water partition coefficient (Wildman–Crippen LogP) is 5.35. The standard InChI is InChI=1S/C25H24N2O4/c1-28-22-13-19(14-23(29-2)25(22)30-3)24-21(15-26-27-24)18-9-11-20(12-10-18)31-16-17-7-5-4-6-8-17/h4-15H,16H2,1-3H3,(H,26,27). The summed E-state index contributed by atoms with van der Waals surface area (Å²) in [6.45, 7) is 0.530. The van der Waals surface area contributed by atoms with Gasteiger partial charge in [0, 0.05) is 17.3 Å². The third-order valence-electron chi connectivity index (χ3n) is 4.99. The Morgan fingerprint density at radius 1 is 0.774 bits per heavy atom. The van der Waals surface area contributed by atoms with Crippen LogP contribution >= 0.6 is 0 Å². The van der Waals surface area contributed by atoms with Crippen LogP contribution in [-0.2, 0) is 6.61 Å². The average molecular weight is 416 g/mol. The van der Waals surface area contributed by atoms with Gasteiger partial charge in [-0.05, 0) is 35.4 Å². The van der Waals surface area contributed by atoms with E-state index >= 15 is 0 Å². The Morgan fingerprint density at radius 3 is 2.06 bits per heavy atom. The molecular formula is C25H24N2O4. The van der Waals surface area contributed by atoms with E-state index in [1.54, 1.807) is 21.3 Å². The molecule has 0 aliphatic heterocycles. The Labute approximate surface area is 181 Å². The van der Waals surface area contributed by atoms with Crippen LogP contribution in [0.2, 0.25) is 0 Å². The zero-order chi connectivity index (χ0) is 21.6. The number of aromatic amines is 1. The molecule has 0 atom stereocenters.